The smallest absolute Gasteiger partial charge is 0.353 e. The third kappa shape index (κ3) is 2.05. The molecule has 0 aliphatic heterocycles. The van der Waals surface area contributed by atoms with Crippen LogP contribution in [0.5, 0.6) is 0 Å². The fourth-order valence-corrected chi connectivity index (χ4v) is 1.04. The number of guanidine groups is 1. The highest BCUT2D eigenvalue weighted by Crippen LogP contribution is 1.99. The maximum atomic E-state index is 5.58. The lowest BCUT2D eigenvalue weighted by molar-refractivity contribution is -0.116. The van der Waals surface area contributed by atoms with Crippen LogP contribution in [0, 0.1) is 13.8 Å². The summed E-state index contributed by atoms with van der Waals surface area (Å²) in [5.41, 5.74) is 12.5. The minimum absolute atomic E-state index is 0.0787. The number of aryl methyl sites for hydroxylation is 2. The molecule has 1 rings (SSSR count). The lowest BCUT2D eigenvalue weighted by Crippen LogP contribution is -2.46. The van der Waals surface area contributed by atoms with Gasteiger partial charge in [-0.15, -0.1) is 0 Å². The maximum Gasteiger partial charge on any atom is 0.383 e. The molecule has 1 aromatic heterocycles. The topological polar surface area (TPSA) is 108 Å². The fraction of sp³-hybridized carbons (Fsp3) is 0.286. The van der Waals surface area contributed by atoms with Crippen LogP contribution in [0.4, 0.5) is 0 Å². The van der Waals surface area contributed by atoms with E-state index in [1.165, 1.54) is 4.68 Å². The highest BCUT2D eigenvalue weighted by Gasteiger charge is 2.07. The molecule has 70 valence electrons. The summed E-state index contributed by atoms with van der Waals surface area (Å²) in [6.45, 7) is 3.74. The van der Waals surface area contributed by atoms with Crippen molar-refractivity contribution in [1.82, 2.24) is 9.78 Å². The van der Waals surface area contributed by atoms with Gasteiger partial charge in [0.1, 0.15) is 0 Å². The summed E-state index contributed by atoms with van der Waals surface area (Å²) in [5.74, 6) is 0.0932. The van der Waals surface area contributed by atoms with Crippen molar-refractivity contribution in [3.8, 4) is 0 Å². The Morgan fingerprint density at radius 1 is 1.54 bits per heavy atom. The molecule has 1 heterocycles. The van der Waals surface area contributed by atoms with Crippen LogP contribution in [-0.2, 0) is 0 Å². The van der Waals surface area contributed by atoms with Gasteiger partial charge < -0.3 is 5.73 Å². The van der Waals surface area contributed by atoms with E-state index in [1.807, 2.05) is 19.9 Å². The van der Waals surface area contributed by atoms with Gasteiger partial charge in [-0.3, -0.25) is 11.1 Å². The summed E-state index contributed by atoms with van der Waals surface area (Å²) in [5, 5.41) is 9.27. The summed E-state index contributed by atoms with van der Waals surface area (Å²) < 4.78 is 1.48. The number of hydrogen-bond acceptors (Lipinski definition) is 1. The molecular formula is C7H13N6+. The first kappa shape index (κ1) is 9.24. The predicted octanol–water partition coefficient (Wildman–Crippen LogP) is -2.26. The molecule has 1 aromatic rings. The van der Waals surface area contributed by atoms with Crippen LogP contribution >= 0.6 is 0 Å². The molecule has 0 saturated heterocycles. The van der Waals surface area contributed by atoms with Gasteiger partial charge in [0.05, 0.1) is 5.69 Å². The third-order valence-electron chi connectivity index (χ3n) is 1.47. The molecule has 0 aliphatic rings. The highest BCUT2D eigenvalue weighted by molar-refractivity contribution is 5.91. The Balaban J connectivity index is 3.08. The molecule has 6 nitrogen and oxygen atoms in total. The molecule has 0 unspecified atom stereocenters. The monoisotopic (exact) mass is 181 g/mol. The second-order valence-corrected chi connectivity index (χ2v) is 2.73. The van der Waals surface area contributed by atoms with E-state index in [2.05, 4.69) is 10.1 Å². The maximum absolute atomic E-state index is 5.58. The summed E-state index contributed by atoms with van der Waals surface area (Å²) >= 11 is 0. The molecular weight excluding hydrogens is 168 g/mol. The van der Waals surface area contributed by atoms with Gasteiger partial charge in [-0.05, 0) is 24.9 Å². The van der Waals surface area contributed by atoms with Crippen molar-refractivity contribution in [1.29, 1.82) is 0 Å². The largest absolute Gasteiger partial charge is 0.383 e. The van der Waals surface area contributed by atoms with Crippen LogP contribution in [-0.4, -0.2) is 21.7 Å². The van der Waals surface area contributed by atoms with Crippen LogP contribution in [0.3, 0.4) is 0 Å². The van der Waals surface area contributed by atoms with Crippen molar-refractivity contribution in [2.24, 2.45) is 16.5 Å². The van der Waals surface area contributed by atoms with E-state index in [0.29, 0.717) is 0 Å². The number of nitrogens with zero attached hydrogens (tertiary/aromatic N) is 3. The molecule has 6 N–H and O–H groups in total. The van der Waals surface area contributed by atoms with Gasteiger partial charge in [0.15, 0.2) is 0 Å². The Bertz CT molecular complexity index is 361. The zero-order valence-electron chi connectivity index (χ0n) is 7.65. The average molecular weight is 181 g/mol. The Kier molecular flexibility index (Phi) is 2.32. The highest BCUT2D eigenvalue weighted by atomic mass is 15.4. The molecule has 0 bridgehead atoms. The van der Waals surface area contributed by atoms with Crippen molar-refractivity contribution in [3.05, 3.63) is 17.5 Å². The van der Waals surface area contributed by atoms with Gasteiger partial charge in [-0.2, -0.15) is 9.78 Å². The normalized spacial score (nSPS) is 11.7. The standard InChI is InChI=1S/C7H12N6/c1-4-3-5(2)13(12-4)7(10)11-6(8)9/h3H,1-2H3,(H5,8,9,10,11)/p+1. The molecule has 0 atom stereocenters. The van der Waals surface area contributed by atoms with E-state index in [1.54, 1.807) is 0 Å². The lowest BCUT2D eigenvalue weighted by Gasteiger charge is -1.96. The van der Waals surface area contributed by atoms with Gasteiger partial charge in [0.2, 0.25) is 0 Å². The average Bonchev–Trinajstić information content (AvgIpc) is 2.28. The minimum atomic E-state index is -0.0787. The molecule has 0 fully saturated rings. The van der Waals surface area contributed by atoms with Crippen molar-refractivity contribution in [2.45, 2.75) is 13.8 Å². The minimum Gasteiger partial charge on any atom is -0.353 e. The first-order chi connectivity index (χ1) is 6.00. The van der Waals surface area contributed by atoms with E-state index in [9.17, 15) is 0 Å². The quantitative estimate of drug-likeness (QED) is 0.310. The van der Waals surface area contributed by atoms with Gasteiger partial charge >= 0.3 is 11.9 Å². The van der Waals surface area contributed by atoms with Crippen LogP contribution in [0.15, 0.2) is 11.1 Å². The SMILES string of the molecule is Cc1cc(C)n(/C(N)=N/C(N)=[NH2+])n1. The number of nitrogens with two attached hydrogens (primary N) is 3. The van der Waals surface area contributed by atoms with Gasteiger partial charge in [0, 0.05) is 5.69 Å². The second kappa shape index (κ2) is 3.26. The van der Waals surface area contributed by atoms with Crippen LogP contribution < -0.4 is 16.9 Å². The van der Waals surface area contributed by atoms with Crippen LogP contribution in [0.25, 0.3) is 0 Å². The predicted molar refractivity (Wildman–Crippen MR) is 49.8 cm³/mol. The van der Waals surface area contributed by atoms with Crippen molar-refractivity contribution < 1.29 is 5.41 Å². The summed E-state index contributed by atoms with van der Waals surface area (Å²) in [7, 11) is 0. The molecule has 0 saturated carbocycles. The van der Waals surface area contributed by atoms with Crippen molar-refractivity contribution in [2.75, 3.05) is 0 Å². The van der Waals surface area contributed by atoms with Crippen LogP contribution in [0.1, 0.15) is 11.4 Å². The summed E-state index contributed by atoms with van der Waals surface area (Å²) in [4.78, 5) is 3.69. The molecule has 0 radical (unpaired) electrons. The Morgan fingerprint density at radius 3 is 2.54 bits per heavy atom. The van der Waals surface area contributed by atoms with Crippen LogP contribution in [0.2, 0.25) is 0 Å². The summed E-state index contributed by atoms with van der Waals surface area (Å²) in [6.07, 6.45) is 0. The molecule has 13 heavy (non-hydrogen) atoms. The van der Waals surface area contributed by atoms with Crippen molar-refractivity contribution >= 4 is 11.9 Å². The first-order valence-corrected chi connectivity index (χ1v) is 3.76. The Hall–Kier alpha value is -1.85. The van der Waals surface area contributed by atoms with E-state index in [-0.39, 0.29) is 11.9 Å². The molecule has 0 amide bonds. The number of aliphatic imine (C=N–C) groups is 1. The number of rotatable bonds is 0. The molecule has 0 aromatic carbocycles. The third-order valence-corrected chi connectivity index (χ3v) is 1.47. The molecule has 0 spiro atoms. The number of aromatic nitrogens is 2. The second-order valence-electron chi connectivity index (χ2n) is 2.73. The van der Waals surface area contributed by atoms with Crippen molar-refractivity contribution in [3.63, 3.8) is 0 Å². The molecule has 6 heteroatoms. The van der Waals surface area contributed by atoms with Gasteiger partial charge in [-0.25, -0.2) is 0 Å². The van der Waals surface area contributed by atoms with E-state index in [0.717, 1.165) is 11.4 Å². The summed E-state index contributed by atoms with van der Waals surface area (Å²) in [6, 6.07) is 1.88. The fourth-order valence-electron chi connectivity index (χ4n) is 1.04. The van der Waals surface area contributed by atoms with E-state index >= 15 is 0 Å². The molecule has 0 aliphatic carbocycles. The van der Waals surface area contributed by atoms with Gasteiger partial charge in [0.25, 0.3) is 0 Å². The Labute approximate surface area is 75.8 Å². The van der Waals surface area contributed by atoms with E-state index in [4.69, 9.17) is 16.9 Å². The van der Waals surface area contributed by atoms with E-state index < -0.39 is 0 Å². The Morgan fingerprint density at radius 2 is 2.15 bits per heavy atom. The zero-order chi connectivity index (χ0) is 10.0. The van der Waals surface area contributed by atoms with Gasteiger partial charge in [-0.1, -0.05) is 0 Å². The number of hydrogen-bond donors (Lipinski definition) is 3. The zero-order valence-corrected chi connectivity index (χ0v) is 7.65. The lowest BCUT2D eigenvalue weighted by atomic mass is 10.4. The first-order valence-electron chi connectivity index (χ1n) is 3.76.